The molecule has 3 aromatic rings. The second-order valence-corrected chi connectivity index (χ2v) is 8.21. The Hall–Kier alpha value is -4.15. The van der Waals surface area contributed by atoms with Gasteiger partial charge in [0.05, 0.1) is 17.9 Å². The number of carbonyl (C=O) groups excluding carboxylic acids is 2. The second-order valence-electron chi connectivity index (χ2n) is 8.21. The topological polar surface area (TPSA) is 160 Å². The lowest BCUT2D eigenvalue weighted by Gasteiger charge is -2.27. The molecule has 32 heavy (non-hydrogen) atoms. The van der Waals surface area contributed by atoms with Crippen LogP contribution in [0.5, 0.6) is 5.75 Å². The Labute approximate surface area is 181 Å². The summed E-state index contributed by atoms with van der Waals surface area (Å²) in [5.74, 6) is 1.01. The third kappa shape index (κ3) is 3.01. The Bertz CT molecular complexity index is 1290. The standard InChI is InChI=1S/C21H20N8O3/c22-18(31)15-9-1-2-10(5-9)16(15)27-20-17-19(24-8-23-17)28-21(29-20)25-11-3-4-12-13(6-11)32-7-14(30)26-12/h1-4,6,8-10,15-16H,5,7H2,(H2,22,31)(H,26,30)(H3,23,24,25,27,28,29). The van der Waals surface area contributed by atoms with E-state index in [1.807, 2.05) is 0 Å². The van der Waals surface area contributed by atoms with E-state index >= 15 is 0 Å². The van der Waals surface area contributed by atoms with E-state index in [1.54, 1.807) is 24.5 Å². The highest BCUT2D eigenvalue weighted by Crippen LogP contribution is 2.45. The molecule has 1 fully saturated rings. The molecular weight excluding hydrogens is 412 g/mol. The summed E-state index contributed by atoms with van der Waals surface area (Å²) in [6, 6.07) is 5.17. The van der Waals surface area contributed by atoms with Gasteiger partial charge in [-0.15, -0.1) is 0 Å². The van der Waals surface area contributed by atoms with Crippen molar-refractivity contribution in [1.82, 2.24) is 19.9 Å². The van der Waals surface area contributed by atoms with Crippen molar-refractivity contribution in [2.24, 2.45) is 23.5 Å². The minimum atomic E-state index is -0.314. The van der Waals surface area contributed by atoms with Crippen LogP contribution in [0.3, 0.4) is 0 Å². The van der Waals surface area contributed by atoms with Gasteiger partial charge in [0, 0.05) is 17.8 Å². The Morgan fingerprint density at radius 1 is 1.22 bits per heavy atom. The fraction of sp³-hybridized carbons (Fsp3) is 0.286. The molecule has 11 heteroatoms. The van der Waals surface area contributed by atoms with E-state index in [-0.39, 0.29) is 42.2 Å². The maximum Gasteiger partial charge on any atom is 0.262 e. The minimum absolute atomic E-state index is 0.0276. The van der Waals surface area contributed by atoms with Gasteiger partial charge in [0.1, 0.15) is 11.3 Å². The number of fused-ring (bicyclic) bond motifs is 4. The largest absolute Gasteiger partial charge is 0.482 e. The molecule has 0 saturated heterocycles. The molecule has 0 radical (unpaired) electrons. The highest BCUT2D eigenvalue weighted by atomic mass is 16.5. The minimum Gasteiger partial charge on any atom is -0.482 e. The third-order valence-electron chi connectivity index (χ3n) is 6.24. The second kappa shape index (κ2) is 6.94. The summed E-state index contributed by atoms with van der Waals surface area (Å²) in [7, 11) is 0. The molecule has 2 amide bonds. The first kappa shape index (κ1) is 18.6. The molecule has 1 aliphatic heterocycles. The van der Waals surface area contributed by atoms with E-state index in [0.717, 1.165) is 6.42 Å². The molecule has 0 spiro atoms. The van der Waals surface area contributed by atoms with Crippen molar-refractivity contribution in [2.45, 2.75) is 12.5 Å². The van der Waals surface area contributed by atoms with Gasteiger partial charge in [-0.25, -0.2) is 4.98 Å². The molecule has 3 heterocycles. The third-order valence-corrected chi connectivity index (χ3v) is 6.24. The Morgan fingerprint density at radius 2 is 2.09 bits per heavy atom. The van der Waals surface area contributed by atoms with Crippen molar-refractivity contribution < 1.29 is 14.3 Å². The number of hydrogen-bond acceptors (Lipinski definition) is 8. The van der Waals surface area contributed by atoms with Crippen molar-refractivity contribution in [3.05, 3.63) is 36.7 Å². The van der Waals surface area contributed by atoms with Crippen LogP contribution in [0.4, 0.5) is 23.1 Å². The number of benzene rings is 1. The van der Waals surface area contributed by atoms with Gasteiger partial charge in [0.2, 0.25) is 11.9 Å². The van der Waals surface area contributed by atoms with E-state index in [0.29, 0.717) is 40.1 Å². The zero-order valence-electron chi connectivity index (χ0n) is 16.8. The number of ether oxygens (including phenoxy) is 1. The normalized spacial score (nSPS) is 25.3. The van der Waals surface area contributed by atoms with Crippen LogP contribution in [0.2, 0.25) is 0 Å². The van der Waals surface area contributed by atoms with Crippen LogP contribution in [0.1, 0.15) is 6.42 Å². The molecule has 1 aromatic carbocycles. The fourth-order valence-corrected chi connectivity index (χ4v) is 4.84. The number of nitrogens with zero attached hydrogens (tertiary/aromatic N) is 3. The SMILES string of the molecule is NC(=O)C1C2C=CC(C2)C1Nc1nc(Nc2ccc3c(c2)OCC(=O)N3)nc2[nH]cnc12. The molecule has 2 aromatic heterocycles. The van der Waals surface area contributed by atoms with E-state index in [1.165, 1.54) is 0 Å². The summed E-state index contributed by atoms with van der Waals surface area (Å²) in [5, 5.41) is 9.35. The lowest BCUT2D eigenvalue weighted by atomic mass is 9.88. The lowest BCUT2D eigenvalue weighted by molar-refractivity contribution is -0.122. The Kier molecular flexibility index (Phi) is 4.03. The molecule has 6 N–H and O–H groups in total. The van der Waals surface area contributed by atoms with Crippen molar-refractivity contribution >= 4 is 46.1 Å². The number of anilines is 4. The van der Waals surface area contributed by atoms with Crippen molar-refractivity contribution in [3.8, 4) is 5.75 Å². The number of rotatable bonds is 5. The quantitative estimate of drug-likeness (QED) is 0.379. The number of H-pyrrole nitrogens is 1. The van der Waals surface area contributed by atoms with Crippen LogP contribution in [-0.4, -0.2) is 44.4 Å². The average molecular weight is 432 g/mol. The first-order valence-electron chi connectivity index (χ1n) is 10.3. The summed E-state index contributed by atoms with van der Waals surface area (Å²) in [6.45, 7) is -0.0276. The van der Waals surface area contributed by atoms with Crippen LogP contribution >= 0.6 is 0 Å². The number of allylic oxidation sites excluding steroid dienone is 1. The van der Waals surface area contributed by atoms with Gasteiger partial charge in [0.25, 0.3) is 5.91 Å². The summed E-state index contributed by atoms with van der Waals surface area (Å²) >= 11 is 0. The number of primary amides is 1. The van der Waals surface area contributed by atoms with Crippen LogP contribution in [0.25, 0.3) is 11.2 Å². The number of nitrogens with two attached hydrogens (primary N) is 1. The molecular formula is C21H20N8O3. The van der Waals surface area contributed by atoms with Gasteiger partial charge in [-0.05, 0) is 30.4 Å². The number of aromatic amines is 1. The molecule has 162 valence electrons. The van der Waals surface area contributed by atoms with Crippen LogP contribution in [0, 0.1) is 17.8 Å². The first-order valence-corrected chi connectivity index (χ1v) is 10.3. The molecule has 2 aliphatic carbocycles. The number of carbonyl (C=O) groups is 2. The van der Waals surface area contributed by atoms with Gasteiger partial charge < -0.3 is 31.4 Å². The number of nitrogens with one attached hydrogen (secondary N) is 4. The van der Waals surface area contributed by atoms with Gasteiger partial charge in [-0.1, -0.05) is 12.2 Å². The number of aromatic nitrogens is 4. The molecule has 11 nitrogen and oxygen atoms in total. The average Bonchev–Trinajstić information content (AvgIpc) is 3.50. The number of hydrogen-bond donors (Lipinski definition) is 5. The van der Waals surface area contributed by atoms with Crippen LogP contribution in [-0.2, 0) is 9.59 Å². The maximum absolute atomic E-state index is 12.1. The smallest absolute Gasteiger partial charge is 0.262 e. The Balaban J connectivity index is 1.31. The molecule has 4 unspecified atom stereocenters. The van der Waals surface area contributed by atoms with E-state index in [4.69, 9.17) is 10.5 Å². The van der Waals surface area contributed by atoms with E-state index in [9.17, 15) is 9.59 Å². The molecule has 1 saturated carbocycles. The monoisotopic (exact) mass is 432 g/mol. The summed E-state index contributed by atoms with van der Waals surface area (Å²) in [6.07, 6.45) is 6.67. The lowest BCUT2D eigenvalue weighted by Crippen LogP contribution is -2.41. The van der Waals surface area contributed by atoms with Crippen molar-refractivity contribution in [1.29, 1.82) is 0 Å². The van der Waals surface area contributed by atoms with E-state index < -0.39 is 0 Å². The summed E-state index contributed by atoms with van der Waals surface area (Å²) in [5.41, 5.74) is 8.15. The molecule has 4 atom stereocenters. The molecule has 6 rings (SSSR count). The predicted octanol–water partition coefficient (Wildman–Crippen LogP) is 1.52. The van der Waals surface area contributed by atoms with Crippen molar-refractivity contribution in [2.75, 3.05) is 22.6 Å². The van der Waals surface area contributed by atoms with Crippen molar-refractivity contribution in [3.63, 3.8) is 0 Å². The van der Waals surface area contributed by atoms with Crippen LogP contribution < -0.4 is 26.4 Å². The van der Waals surface area contributed by atoms with E-state index in [2.05, 4.69) is 48.0 Å². The summed E-state index contributed by atoms with van der Waals surface area (Å²) in [4.78, 5) is 40.0. The highest BCUT2D eigenvalue weighted by Gasteiger charge is 2.47. The van der Waals surface area contributed by atoms with Gasteiger partial charge in [0.15, 0.2) is 18.1 Å². The van der Waals surface area contributed by atoms with Crippen LogP contribution in [0.15, 0.2) is 36.7 Å². The molecule has 3 aliphatic rings. The predicted molar refractivity (Wildman–Crippen MR) is 116 cm³/mol. The number of imidazole rings is 1. The zero-order valence-corrected chi connectivity index (χ0v) is 16.8. The van der Waals surface area contributed by atoms with Gasteiger partial charge in [-0.2, -0.15) is 9.97 Å². The Morgan fingerprint density at radius 3 is 2.97 bits per heavy atom. The number of amides is 2. The summed E-state index contributed by atoms with van der Waals surface area (Å²) < 4.78 is 5.48. The maximum atomic E-state index is 12.1. The highest BCUT2D eigenvalue weighted by molar-refractivity contribution is 5.95. The molecule has 2 bridgehead atoms. The first-order chi connectivity index (χ1) is 15.5. The zero-order chi connectivity index (χ0) is 21.8. The van der Waals surface area contributed by atoms with Gasteiger partial charge >= 0.3 is 0 Å². The fourth-order valence-electron chi connectivity index (χ4n) is 4.84. The van der Waals surface area contributed by atoms with Gasteiger partial charge in [-0.3, -0.25) is 9.59 Å².